The van der Waals surface area contributed by atoms with Crippen LogP contribution < -0.4 is 0 Å². The van der Waals surface area contributed by atoms with E-state index in [0.717, 1.165) is 50.5 Å². The van der Waals surface area contributed by atoms with Gasteiger partial charge in [-0.3, -0.25) is 4.90 Å². The molecule has 31 heavy (non-hydrogen) atoms. The van der Waals surface area contributed by atoms with Gasteiger partial charge in [-0.15, -0.1) is 0 Å². The van der Waals surface area contributed by atoms with E-state index in [1.165, 1.54) is 32.2 Å². The van der Waals surface area contributed by atoms with Gasteiger partial charge >= 0.3 is 0 Å². The molecule has 0 aromatic heterocycles. The molecule has 6 fully saturated rings. The van der Waals surface area contributed by atoms with Gasteiger partial charge in [-0.2, -0.15) is 0 Å². The maximum Gasteiger partial charge on any atom is 0.0805 e. The maximum absolute atomic E-state index is 11.8. The van der Waals surface area contributed by atoms with Crippen molar-refractivity contribution in [2.24, 2.45) is 52.8 Å². The molecule has 176 valence electrons. The molecule has 13 atom stereocenters. The van der Waals surface area contributed by atoms with Crippen molar-refractivity contribution in [1.82, 2.24) is 4.90 Å². The van der Waals surface area contributed by atoms with Crippen molar-refractivity contribution in [3.8, 4) is 0 Å². The standard InChI is InChI=1S/C27H45NO3/c1-15-4-7-25-27(3,31)21-6-5-17-18(20(21)14-28(25)13-15)11-22-19(17)12-24(30)23-10-16(29)8-9-26(22,23)2/h15-25,29-31H,4-14H2,1-3H3/t15-,16-,17+,18+,19-,20-,21-,22+,23+,24-,25-,26+,27-/m0/s1. The second kappa shape index (κ2) is 7.17. The highest BCUT2D eigenvalue weighted by molar-refractivity contribution is 5.14. The van der Waals surface area contributed by atoms with Crippen molar-refractivity contribution in [1.29, 1.82) is 0 Å². The van der Waals surface area contributed by atoms with Crippen molar-refractivity contribution in [2.45, 2.75) is 102 Å². The fourth-order valence-corrected chi connectivity index (χ4v) is 10.6. The van der Waals surface area contributed by atoms with Crippen molar-refractivity contribution < 1.29 is 15.3 Å². The minimum Gasteiger partial charge on any atom is -0.393 e. The number of hydrogen-bond donors (Lipinski definition) is 3. The lowest BCUT2D eigenvalue weighted by molar-refractivity contribution is -0.176. The van der Waals surface area contributed by atoms with E-state index in [2.05, 4.69) is 25.7 Å². The van der Waals surface area contributed by atoms with Crippen molar-refractivity contribution in [3.63, 3.8) is 0 Å². The minimum absolute atomic E-state index is 0.188. The Balaban J connectivity index is 1.30. The van der Waals surface area contributed by atoms with Crippen LogP contribution in [0.4, 0.5) is 0 Å². The van der Waals surface area contributed by atoms with Gasteiger partial charge in [0.1, 0.15) is 0 Å². The van der Waals surface area contributed by atoms with Gasteiger partial charge in [0.2, 0.25) is 0 Å². The Hall–Kier alpha value is -0.160. The number of fused-ring (bicyclic) bond motifs is 8. The van der Waals surface area contributed by atoms with Crippen LogP contribution in [-0.4, -0.2) is 57.2 Å². The lowest BCUT2D eigenvalue weighted by atomic mass is 9.51. The summed E-state index contributed by atoms with van der Waals surface area (Å²) in [4.78, 5) is 2.68. The summed E-state index contributed by atoms with van der Waals surface area (Å²) in [5.74, 6) is 4.89. The molecular weight excluding hydrogens is 386 g/mol. The lowest BCUT2D eigenvalue weighted by Crippen LogP contribution is -2.67. The van der Waals surface area contributed by atoms with Gasteiger partial charge in [-0.25, -0.2) is 0 Å². The van der Waals surface area contributed by atoms with E-state index in [9.17, 15) is 15.3 Å². The summed E-state index contributed by atoms with van der Waals surface area (Å²) >= 11 is 0. The topological polar surface area (TPSA) is 63.9 Å². The second-order valence-electron chi connectivity index (χ2n) is 13.4. The van der Waals surface area contributed by atoms with Crippen LogP contribution in [0.3, 0.4) is 0 Å². The Bertz CT molecular complexity index is 711. The van der Waals surface area contributed by atoms with Crippen molar-refractivity contribution >= 4 is 0 Å². The van der Waals surface area contributed by atoms with Crippen molar-refractivity contribution in [3.05, 3.63) is 0 Å². The summed E-state index contributed by atoms with van der Waals surface area (Å²) in [6, 6.07) is 0.355. The normalized spacial score (nSPS) is 61.5. The first-order valence-electron chi connectivity index (χ1n) is 13.5. The number of aliphatic hydroxyl groups is 3. The third-order valence-corrected chi connectivity index (χ3v) is 12.0. The average Bonchev–Trinajstić information content (AvgIpc) is 3.09. The summed E-state index contributed by atoms with van der Waals surface area (Å²) in [5.41, 5.74) is -0.365. The molecule has 0 aromatic rings. The van der Waals surface area contributed by atoms with E-state index >= 15 is 0 Å². The summed E-state index contributed by atoms with van der Waals surface area (Å²) in [7, 11) is 0. The Labute approximate surface area is 188 Å². The predicted molar refractivity (Wildman–Crippen MR) is 121 cm³/mol. The van der Waals surface area contributed by atoms with E-state index < -0.39 is 5.60 Å². The van der Waals surface area contributed by atoms with Gasteiger partial charge < -0.3 is 15.3 Å². The molecule has 4 saturated carbocycles. The number of hydrogen-bond acceptors (Lipinski definition) is 4. The first-order valence-corrected chi connectivity index (χ1v) is 13.5. The van der Waals surface area contributed by atoms with Gasteiger partial charge in [0.15, 0.2) is 0 Å². The Kier molecular flexibility index (Phi) is 4.94. The van der Waals surface area contributed by atoms with Crippen LogP contribution in [0.25, 0.3) is 0 Å². The van der Waals surface area contributed by atoms with Crippen LogP contribution in [0, 0.1) is 52.8 Å². The first kappa shape index (κ1) is 21.4. The van der Waals surface area contributed by atoms with Crippen LogP contribution in [0.2, 0.25) is 0 Å². The van der Waals surface area contributed by atoms with E-state index in [1.54, 1.807) is 0 Å². The quantitative estimate of drug-likeness (QED) is 0.547. The highest BCUT2D eigenvalue weighted by Gasteiger charge is 2.64. The monoisotopic (exact) mass is 431 g/mol. The Morgan fingerprint density at radius 2 is 1.55 bits per heavy atom. The van der Waals surface area contributed by atoms with Crippen LogP contribution in [0.5, 0.6) is 0 Å². The minimum atomic E-state index is -0.553. The molecule has 4 heteroatoms. The molecule has 0 spiro atoms. The third kappa shape index (κ3) is 3.00. The SMILES string of the molecule is C[C@H]1CC[C@@H]2N(C1)C[C@H]1[C@@H]3C[C@@H]4[C@@H](C[C@H](O)[C@H]5C[C@@H](O)CC[C@]45C)[C@@H]3CC[C@@H]1[C@]2(C)O. The average molecular weight is 432 g/mol. The first-order chi connectivity index (χ1) is 14.7. The van der Waals surface area contributed by atoms with Crippen LogP contribution in [0.15, 0.2) is 0 Å². The van der Waals surface area contributed by atoms with Crippen molar-refractivity contribution in [2.75, 3.05) is 13.1 Å². The molecule has 6 rings (SSSR count). The molecule has 2 saturated heterocycles. The largest absolute Gasteiger partial charge is 0.393 e. The smallest absolute Gasteiger partial charge is 0.0805 e. The fourth-order valence-electron chi connectivity index (χ4n) is 10.6. The van der Waals surface area contributed by atoms with Crippen LogP contribution in [0.1, 0.15) is 78.6 Å². The molecule has 0 amide bonds. The van der Waals surface area contributed by atoms with E-state index in [-0.39, 0.29) is 23.5 Å². The molecule has 0 radical (unpaired) electrons. The molecule has 4 nitrogen and oxygen atoms in total. The Morgan fingerprint density at radius 1 is 0.742 bits per heavy atom. The maximum atomic E-state index is 11.8. The molecule has 0 unspecified atom stereocenters. The molecule has 3 N–H and O–H groups in total. The third-order valence-electron chi connectivity index (χ3n) is 12.0. The van der Waals surface area contributed by atoms with Crippen LogP contribution in [-0.2, 0) is 0 Å². The fraction of sp³-hybridized carbons (Fsp3) is 1.00. The van der Waals surface area contributed by atoms with Gasteiger partial charge in [0.05, 0.1) is 17.8 Å². The lowest BCUT2D eigenvalue weighted by Gasteiger charge is -2.60. The zero-order valence-corrected chi connectivity index (χ0v) is 19.9. The highest BCUT2D eigenvalue weighted by Crippen LogP contribution is 2.67. The van der Waals surface area contributed by atoms with Gasteiger partial charge in [0.25, 0.3) is 0 Å². The summed E-state index contributed by atoms with van der Waals surface area (Å²) < 4.78 is 0. The molecular formula is C27H45NO3. The zero-order valence-electron chi connectivity index (χ0n) is 19.9. The summed E-state index contributed by atoms with van der Waals surface area (Å²) in [6.45, 7) is 9.36. The number of aliphatic hydroxyl groups excluding tert-OH is 2. The zero-order chi connectivity index (χ0) is 21.7. The second-order valence-corrected chi connectivity index (χ2v) is 13.4. The number of piperidine rings is 2. The molecule has 0 aromatic carbocycles. The van der Waals surface area contributed by atoms with E-state index in [0.29, 0.717) is 35.6 Å². The predicted octanol–water partition coefficient (Wildman–Crippen LogP) is 3.68. The molecule has 2 heterocycles. The van der Waals surface area contributed by atoms with Gasteiger partial charge in [0, 0.05) is 19.1 Å². The van der Waals surface area contributed by atoms with Gasteiger partial charge in [-0.05, 0) is 117 Å². The molecule has 0 bridgehead atoms. The molecule has 2 aliphatic heterocycles. The molecule has 6 aliphatic rings. The van der Waals surface area contributed by atoms with Crippen LogP contribution >= 0.6 is 0 Å². The number of nitrogens with zero attached hydrogens (tertiary/aromatic N) is 1. The molecule has 4 aliphatic carbocycles. The van der Waals surface area contributed by atoms with Gasteiger partial charge in [-0.1, -0.05) is 13.8 Å². The summed E-state index contributed by atoms with van der Waals surface area (Å²) in [5, 5.41) is 33.3. The highest BCUT2D eigenvalue weighted by atomic mass is 16.3. The Morgan fingerprint density at radius 3 is 2.35 bits per heavy atom. The number of rotatable bonds is 0. The summed E-state index contributed by atoms with van der Waals surface area (Å²) in [6.07, 6.45) is 9.43. The van der Waals surface area contributed by atoms with E-state index in [1.807, 2.05) is 0 Å². The van der Waals surface area contributed by atoms with E-state index in [4.69, 9.17) is 0 Å².